The van der Waals surface area contributed by atoms with Crippen LogP contribution in [0.2, 0.25) is 5.02 Å². The first-order valence-electron chi connectivity index (χ1n) is 5.90. The zero-order chi connectivity index (χ0) is 14.4. The molecule has 0 radical (unpaired) electrons. The Labute approximate surface area is 121 Å². The number of rotatable bonds is 5. The first-order valence-corrected chi connectivity index (χ1v) is 6.28. The van der Waals surface area contributed by atoms with E-state index in [1.165, 1.54) is 12.3 Å². The average molecular weight is 290 g/mol. The molecule has 2 aromatic rings. The molecule has 5 heteroatoms. The molecule has 0 fully saturated rings. The lowest BCUT2D eigenvalue weighted by Gasteiger charge is -2.04. The van der Waals surface area contributed by atoms with Gasteiger partial charge in [0.05, 0.1) is 16.8 Å². The Morgan fingerprint density at radius 3 is 2.80 bits per heavy atom. The number of hydrogen-bond donors (Lipinski definition) is 1. The molecule has 0 saturated carbocycles. The quantitative estimate of drug-likeness (QED) is 0.915. The second-order valence-electron chi connectivity index (χ2n) is 3.93. The summed E-state index contributed by atoms with van der Waals surface area (Å²) < 4.78 is 5.35. The van der Waals surface area contributed by atoms with Gasteiger partial charge < -0.3 is 9.84 Å². The van der Waals surface area contributed by atoms with Crippen molar-refractivity contribution < 1.29 is 14.6 Å². The Bertz CT molecular complexity index is 626. The van der Waals surface area contributed by atoms with Gasteiger partial charge in [0.1, 0.15) is 6.61 Å². The number of carboxylic acid groups (broad SMARTS) is 1. The molecule has 0 amide bonds. The van der Waals surface area contributed by atoms with Crippen molar-refractivity contribution in [1.29, 1.82) is 0 Å². The molecule has 1 N–H and O–H groups in total. The minimum absolute atomic E-state index is 0.0243. The van der Waals surface area contributed by atoms with E-state index in [1.807, 2.05) is 42.5 Å². The van der Waals surface area contributed by atoms with E-state index in [0.717, 1.165) is 5.56 Å². The van der Waals surface area contributed by atoms with Crippen LogP contribution in [0.3, 0.4) is 0 Å². The number of hydrogen-bond acceptors (Lipinski definition) is 3. The molecule has 0 spiro atoms. The minimum atomic E-state index is -1.11. The second kappa shape index (κ2) is 6.73. The van der Waals surface area contributed by atoms with Crippen LogP contribution in [0.25, 0.3) is 6.08 Å². The fraction of sp³-hybridized carbons (Fsp3) is 0.0667. The highest BCUT2D eigenvalue weighted by Crippen LogP contribution is 2.19. The van der Waals surface area contributed by atoms with Crippen LogP contribution in [0.5, 0.6) is 5.88 Å². The molecular weight excluding hydrogens is 278 g/mol. The Morgan fingerprint density at radius 1 is 1.35 bits per heavy atom. The highest BCUT2D eigenvalue weighted by atomic mass is 35.5. The van der Waals surface area contributed by atoms with Crippen molar-refractivity contribution in [2.75, 3.05) is 6.61 Å². The predicted molar refractivity (Wildman–Crippen MR) is 77.2 cm³/mol. The summed E-state index contributed by atoms with van der Waals surface area (Å²) in [5.41, 5.74) is 1.04. The molecule has 0 saturated heterocycles. The number of halogens is 1. The van der Waals surface area contributed by atoms with Gasteiger partial charge in [-0.3, -0.25) is 0 Å². The highest BCUT2D eigenvalue weighted by Gasteiger charge is 2.10. The summed E-state index contributed by atoms with van der Waals surface area (Å²) in [5.74, 6) is -0.883. The first-order chi connectivity index (χ1) is 9.66. The molecule has 0 aliphatic heterocycles. The number of aromatic nitrogens is 1. The lowest BCUT2D eigenvalue weighted by Crippen LogP contribution is -2.01. The largest absolute Gasteiger partial charge is 0.478 e. The van der Waals surface area contributed by atoms with Crippen molar-refractivity contribution in [3.8, 4) is 5.88 Å². The van der Waals surface area contributed by atoms with E-state index in [9.17, 15) is 4.79 Å². The third-order valence-electron chi connectivity index (χ3n) is 2.50. The van der Waals surface area contributed by atoms with E-state index in [4.69, 9.17) is 21.4 Å². The molecular formula is C15H12ClNO3. The van der Waals surface area contributed by atoms with Crippen molar-refractivity contribution in [3.63, 3.8) is 0 Å². The smallest absolute Gasteiger partial charge is 0.337 e. The normalized spacial score (nSPS) is 10.7. The van der Waals surface area contributed by atoms with E-state index >= 15 is 0 Å². The van der Waals surface area contributed by atoms with Crippen LogP contribution in [-0.2, 0) is 0 Å². The van der Waals surface area contributed by atoms with Crippen LogP contribution >= 0.6 is 11.6 Å². The van der Waals surface area contributed by atoms with E-state index in [1.54, 1.807) is 0 Å². The third-order valence-corrected chi connectivity index (χ3v) is 2.80. The number of aromatic carboxylic acids is 1. The SMILES string of the molecule is O=C(O)c1cc(OC/C=C/c2ccccc2)ncc1Cl. The molecule has 20 heavy (non-hydrogen) atoms. The van der Waals surface area contributed by atoms with E-state index in [0.29, 0.717) is 6.61 Å². The summed E-state index contributed by atoms with van der Waals surface area (Å²) >= 11 is 5.72. The maximum atomic E-state index is 10.9. The highest BCUT2D eigenvalue weighted by molar-refractivity contribution is 6.33. The van der Waals surface area contributed by atoms with Crippen LogP contribution in [0.15, 0.2) is 48.7 Å². The van der Waals surface area contributed by atoms with Crippen LogP contribution < -0.4 is 4.74 Å². The topological polar surface area (TPSA) is 59.4 Å². The first kappa shape index (κ1) is 14.1. The molecule has 102 valence electrons. The Kier molecular flexibility index (Phi) is 4.74. The summed E-state index contributed by atoms with van der Waals surface area (Å²) in [6.07, 6.45) is 5.00. The van der Waals surface area contributed by atoms with Crippen LogP contribution in [0, 0.1) is 0 Å². The van der Waals surface area contributed by atoms with Gasteiger partial charge in [0.15, 0.2) is 0 Å². The summed E-state index contributed by atoms with van der Waals surface area (Å²) in [4.78, 5) is 14.8. The van der Waals surface area contributed by atoms with Crippen molar-refractivity contribution in [2.45, 2.75) is 0 Å². The summed E-state index contributed by atoms with van der Waals surface area (Å²) in [5, 5.41) is 9.02. The van der Waals surface area contributed by atoms with E-state index in [-0.39, 0.29) is 16.5 Å². The van der Waals surface area contributed by atoms with Crippen molar-refractivity contribution in [2.24, 2.45) is 0 Å². The average Bonchev–Trinajstić information content (AvgIpc) is 2.46. The van der Waals surface area contributed by atoms with Crippen LogP contribution in [-0.4, -0.2) is 22.7 Å². The molecule has 0 atom stereocenters. The molecule has 4 nitrogen and oxygen atoms in total. The van der Waals surface area contributed by atoms with Crippen LogP contribution in [0.1, 0.15) is 15.9 Å². The zero-order valence-corrected chi connectivity index (χ0v) is 11.2. The van der Waals surface area contributed by atoms with Gasteiger partial charge in [0.25, 0.3) is 0 Å². The lowest BCUT2D eigenvalue weighted by molar-refractivity contribution is 0.0696. The zero-order valence-electron chi connectivity index (χ0n) is 10.5. The maximum Gasteiger partial charge on any atom is 0.337 e. The van der Waals surface area contributed by atoms with Gasteiger partial charge in [-0.25, -0.2) is 9.78 Å². The molecule has 0 aliphatic rings. The number of nitrogens with zero attached hydrogens (tertiary/aromatic N) is 1. The molecule has 1 aromatic heterocycles. The molecule has 2 rings (SSSR count). The number of carboxylic acids is 1. The summed E-state index contributed by atoms with van der Waals surface area (Å²) in [6, 6.07) is 11.1. The van der Waals surface area contributed by atoms with Gasteiger partial charge in [0.2, 0.25) is 5.88 Å². The summed E-state index contributed by atoms with van der Waals surface area (Å²) in [7, 11) is 0. The lowest BCUT2D eigenvalue weighted by atomic mass is 10.2. The fourth-order valence-corrected chi connectivity index (χ4v) is 1.73. The number of carbonyl (C=O) groups is 1. The van der Waals surface area contributed by atoms with E-state index in [2.05, 4.69) is 4.98 Å². The second-order valence-corrected chi connectivity index (χ2v) is 4.34. The number of benzene rings is 1. The van der Waals surface area contributed by atoms with Gasteiger partial charge in [0, 0.05) is 6.07 Å². The van der Waals surface area contributed by atoms with E-state index < -0.39 is 5.97 Å². The maximum absolute atomic E-state index is 10.9. The summed E-state index contributed by atoms with van der Waals surface area (Å²) in [6.45, 7) is 0.294. The van der Waals surface area contributed by atoms with Gasteiger partial charge in [-0.1, -0.05) is 48.0 Å². The molecule has 1 aromatic carbocycles. The molecule has 1 heterocycles. The standard InChI is InChI=1S/C15H12ClNO3/c16-13-10-17-14(9-12(13)15(18)19)20-8-4-7-11-5-2-1-3-6-11/h1-7,9-10H,8H2,(H,18,19)/b7-4+. The van der Waals surface area contributed by atoms with Crippen molar-refractivity contribution in [3.05, 3.63) is 64.8 Å². The van der Waals surface area contributed by atoms with Gasteiger partial charge in [-0.2, -0.15) is 0 Å². The third kappa shape index (κ3) is 3.83. The van der Waals surface area contributed by atoms with Gasteiger partial charge >= 0.3 is 5.97 Å². The molecule has 0 unspecified atom stereocenters. The van der Waals surface area contributed by atoms with Crippen LogP contribution in [0.4, 0.5) is 0 Å². The van der Waals surface area contributed by atoms with Gasteiger partial charge in [-0.05, 0) is 11.6 Å². The fourth-order valence-electron chi connectivity index (χ4n) is 1.54. The minimum Gasteiger partial charge on any atom is -0.478 e. The number of ether oxygens (including phenoxy) is 1. The Balaban J connectivity index is 1.96. The number of pyridine rings is 1. The van der Waals surface area contributed by atoms with Crippen molar-refractivity contribution >= 4 is 23.6 Å². The predicted octanol–water partition coefficient (Wildman–Crippen LogP) is 3.53. The van der Waals surface area contributed by atoms with Gasteiger partial charge in [-0.15, -0.1) is 0 Å². The van der Waals surface area contributed by atoms with Crippen molar-refractivity contribution in [1.82, 2.24) is 4.98 Å². The Hall–Kier alpha value is -2.33. The monoisotopic (exact) mass is 289 g/mol. The molecule has 0 bridgehead atoms. The Morgan fingerprint density at radius 2 is 2.10 bits per heavy atom. The molecule has 0 aliphatic carbocycles.